The molecule has 0 saturated carbocycles. The predicted octanol–water partition coefficient (Wildman–Crippen LogP) is 0.521. The zero-order chi connectivity index (χ0) is 7.90. The largest absolute Gasteiger partial charge is 0.322 e. The molecule has 2 N–H and O–H groups in total. The summed E-state index contributed by atoms with van der Waals surface area (Å²) in [5.74, 6) is 0. The maximum atomic E-state index is 13.4. The van der Waals surface area contributed by atoms with E-state index in [2.05, 4.69) is 4.90 Å². The maximum Gasteiger partial charge on any atom is 0.119 e. The minimum atomic E-state index is -0.769. The Kier molecular flexibility index (Phi) is 1.65. The summed E-state index contributed by atoms with van der Waals surface area (Å²) in [4.78, 5) is 2.28. The molecule has 2 saturated heterocycles. The highest BCUT2D eigenvalue weighted by atomic mass is 19.1. The van der Waals surface area contributed by atoms with Gasteiger partial charge in [0.05, 0.1) is 5.54 Å². The van der Waals surface area contributed by atoms with Crippen LogP contribution in [0, 0.1) is 0 Å². The van der Waals surface area contributed by atoms with E-state index >= 15 is 0 Å². The molecule has 2 heterocycles. The van der Waals surface area contributed by atoms with Crippen molar-refractivity contribution in [3.8, 4) is 0 Å². The molecular formula is C8H15FN2. The summed E-state index contributed by atoms with van der Waals surface area (Å²) in [6.07, 6.45) is 1.70. The van der Waals surface area contributed by atoms with Gasteiger partial charge in [-0.2, -0.15) is 0 Å². The average molecular weight is 158 g/mol. The Morgan fingerprint density at radius 2 is 2.27 bits per heavy atom. The molecule has 2 aliphatic rings. The van der Waals surface area contributed by atoms with Crippen LogP contribution in [0.3, 0.4) is 0 Å². The molecule has 0 aromatic carbocycles. The highest BCUT2D eigenvalue weighted by Gasteiger charge is 2.43. The number of fused-ring (bicyclic) bond motifs is 2. The molecule has 11 heavy (non-hydrogen) atoms. The van der Waals surface area contributed by atoms with Crippen molar-refractivity contribution < 1.29 is 4.39 Å². The molecule has 64 valence electrons. The Labute approximate surface area is 66.5 Å². The minimum Gasteiger partial charge on any atom is -0.322 e. The molecule has 0 spiro atoms. The van der Waals surface area contributed by atoms with Gasteiger partial charge in [0.2, 0.25) is 0 Å². The first-order chi connectivity index (χ1) is 5.21. The van der Waals surface area contributed by atoms with E-state index in [9.17, 15) is 4.39 Å². The van der Waals surface area contributed by atoms with Gasteiger partial charge in [-0.3, -0.25) is 0 Å². The third-order valence-electron chi connectivity index (χ3n) is 2.97. The quantitative estimate of drug-likeness (QED) is 0.557. The minimum absolute atomic E-state index is 0.503. The second kappa shape index (κ2) is 2.42. The van der Waals surface area contributed by atoms with Crippen LogP contribution < -0.4 is 5.73 Å². The van der Waals surface area contributed by atoms with Gasteiger partial charge >= 0.3 is 0 Å². The lowest BCUT2D eigenvalue weighted by Crippen LogP contribution is -2.49. The highest BCUT2D eigenvalue weighted by Crippen LogP contribution is 2.30. The zero-order valence-electron chi connectivity index (χ0n) is 6.72. The summed E-state index contributed by atoms with van der Waals surface area (Å²) in [6, 6.07) is 0. The van der Waals surface area contributed by atoms with Crippen LogP contribution in [0.5, 0.6) is 0 Å². The molecule has 3 heteroatoms. The van der Waals surface area contributed by atoms with Crippen molar-refractivity contribution in [2.24, 2.45) is 5.73 Å². The molecule has 2 nitrogen and oxygen atoms in total. The number of alkyl halides is 1. The van der Waals surface area contributed by atoms with Gasteiger partial charge in [0.15, 0.2) is 0 Å². The van der Waals surface area contributed by atoms with Gasteiger partial charge in [0, 0.05) is 13.1 Å². The number of hydrogen-bond donors (Lipinski definition) is 1. The van der Waals surface area contributed by atoms with Crippen molar-refractivity contribution in [1.29, 1.82) is 0 Å². The number of nitrogens with two attached hydrogens (primary N) is 1. The maximum absolute atomic E-state index is 13.4. The molecule has 0 aromatic heterocycles. The first-order valence-electron chi connectivity index (χ1n) is 4.36. The van der Waals surface area contributed by atoms with E-state index in [4.69, 9.17) is 5.73 Å². The topological polar surface area (TPSA) is 29.3 Å². The van der Waals surface area contributed by atoms with Crippen molar-refractivity contribution in [2.75, 3.05) is 19.6 Å². The van der Waals surface area contributed by atoms with Gasteiger partial charge in [-0.1, -0.05) is 0 Å². The van der Waals surface area contributed by atoms with Gasteiger partial charge < -0.3 is 10.6 Å². The lowest BCUT2D eigenvalue weighted by atomic mass is 9.91. The molecule has 2 rings (SSSR count). The van der Waals surface area contributed by atoms with Gasteiger partial charge in [0.25, 0.3) is 0 Å². The summed E-state index contributed by atoms with van der Waals surface area (Å²) in [5.41, 5.74) is 5.42. The van der Waals surface area contributed by atoms with Crippen LogP contribution in [0.25, 0.3) is 0 Å². The van der Waals surface area contributed by atoms with Crippen LogP contribution >= 0.6 is 0 Å². The third kappa shape index (κ3) is 1.16. The van der Waals surface area contributed by atoms with E-state index in [0.29, 0.717) is 6.42 Å². The second-order valence-corrected chi connectivity index (χ2v) is 3.87. The number of halogens is 1. The molecule has 0 radical (unpaired) electrons. The van der Waals surface area contributed by atoms with Gasteiger partial charge in [-0.25, -0.2) is 4.39 Å². The van der Waals surface area contributed by atoms with Gasteiger partial charge in [-0.05, 0) is 25.8 Å². The lowest BCUT2D eigenvalue weighted by molar-refractivity contribution is 0.194. The van der Waals surface area contributed by atoms with E-state index in [1.165, 1.54) is 0 Å². The molecule has 0 aromatic rings. The first-order valence-corrected chi connectivity index (χ1v) is 4.36. The molecule has 3 unspecified atom stereocenters. The van der Waals surface area contributed by atoms with Crippen LogP contribution in [-0.4, -0.2) is 36.2 Å². The van der Waals surface area contributed by atoms with E-state index in [1.807, 2.05) is 0 Å². The van der Waals surface area contributed by atoms with Crippen LogP contribution in [-0.2, 0) is 0 Å². The van der Waals surface area contributed by atoms with Crippen molar-refractivity contribution in [2.45, 2.75) is 31.0 Å². The molecular weight excluding hydrogens is 143 g/mol. The van der Waals surface area contributed by atoms with Crippen molar-refractivity contribution in [3.05, 3.63) is 0 Å². The summed E-state index contributed by atoms with van der Waals surface area (Å²) < 4.78 is 13.4. The van der Waals surface area contributed by atoms with E-state index in [0.717, 1.165) is 32.5 Å². The third-order valence-corrected chi connectivity index (χ3v) is 2.97. The summed E-state index contributed by atoms with van der Waals surface area (Å²) in [5, 5.41) is 0. The highest BCUT2D eigenvalue weighted by molar-refractivity contribution is 5.01. The smallest absolute Gasteiger partial charge is 0.119 e. The fourth-order valence-corrected chi connectivity index (χ4v) is 2.17. The van der Waals surface area contributed by atoms with Crippen LogP contribution in [0.15, 0.2) is 0 Å². The molecule has 0 amide bonds. The fourth-order valence-electron chi connectivity index (χ4n) is 2.17. The normalized spacial score (nSPS) is 50.7. The molecule has 2 fully saturated rings. The molecule has 0 aliphatic carbocycles. The van der Waals surface area contributed by atoms with E-state index in [-0.39, 0.29) is 0 Å². The lowest BCUT2D eigenvalue weighted by Gasteiger charge is -2.25. The zero-order valence-corrected chi connectivity index (χ0v) is 6.72. The SMILES string of the molecule is NC12CCN(CCCC1F)C2. The number of rotatable bonds is 0. The Balaban J connectivity index is 2.15. The van der Waals surface area contributed by atoms with Crippen LogP contribution in [0.1, 0.15) is 19.3 Å². The number of hydrogen-bond acceptors (Lipinski definition) is 2. The summed E-state index contributed by atoms with van der Waals surface area (Å²) in [6.45, 7) is 2.81. The molecule has 2 bridgehead atoms. The second-order valence-electron chi connectivity index (χ2n) is 3.87. The molecule has 2 aliphatic heterocycles. The predicted molar refractivity (Wildman–Crippen MR) is 42.1 cm³/mol. The Hall–Kier alpha value is -0.150. The Morgan fingerprint density at radius 3 is 3.09 bits per heavy atom. The Bertz CT molecular complexity index is 160. The van der Waals surface area contributed by atoms with Crippen molar-refractivity contribution in [3.63, 3.8) is 0 Å². The Morgan fingerprint density at radius 1 is 1.45 bits per heavy atom. The van der Waals surface area contributed by atoms with E-state index in [1.54, 1.807) is 0 Å². The summed E-state index contributed by atoms with van der Waals surface area (Å²) in [7, 11) is 0. The van der Waals surface area contributed by atoms with Crippen molar-refractivity contribution in [1.82, 2.24) is 4.90 Å². The van der Waals surface area contributed by atoms with Gasteiger partial charge in [-0.15, -0.1) is 0 Å². The van der Waals surface area contributed by atoms with Crippen LogP contribution in [0.2, 0.25) is 0 Å². The standard InChI is InChI=1S/C8H15FN2/c9-7-2-1-4-11-5-3-8(7,10)6-11/h7H,1-6,10H2. The number of nitrogens with zero attached hydrogens (tertiary/aromatic N) is 1. The van der Waals surface area contributed by atoms with E-state index < -0.39 is 11.7 Å². The summed E-state index contributed by atoms with van der Waals surface area (Å²) >= 11 is 0. The molecule has 3 atom stereocenters. The van der Waals surface area contributed by atoms with Crippen LogP contribution in [0.4, 0.5) is 4.39 Å². The fraction of sp³-hybridized carbons (Fsp3) is 1.00. The average Bonchev–Trinajstić information content (AvgIpc) is 2.26. The first kappa shape index (κ1) is 7.50. The monoisotopic (exact) mass is 158 g/mol. The van der Waals surface area contributed by atoms with Gasteiger partial charge in [0.1, 0.15) is 6.17 Å². The van der Waals surface area contributed by atoms with Crippen molar-refractivity contribution >= 4 is 0 Å².